The first-order chi connectivity index (χ1) is 12.9. The van der Waals surface area contributed by atoms with Gasteiger partial charge >= 0.3 is 5.97 Å². The number of likely N-dealkylation sites (tertiary alicyclic amines) is 1. The maximum absolute atomic E-state index is 13.9. The Labute approximate surface area is 161 Å². The Kier molecular flexibility index (Phi) is 5.65. The molecule has 0 aliphatic carbocycles. The van der Waals surface area contributed by atoms with E-state index >= 15 is 0 Å². The summed E-state index contributed by atoms with van der Waals surface area (Å²) in [5.74, 6) is -1.28. The second-order valence-corrected chi connectivity index (χ2v) is 6.72. The van der Waals surface area contributed by atoms with Gasteiger partial charge in [-0.3, -0.25) is 9.59 Å². The van der Waals surface area contributed by atoms with Crippen LogP contribution < -0.4 is 4.74 Å². The van der Waals surface area contributed by atoms with Crippen molar-refractivity contribution in [1.29, 1.82) is 0 Å². The number of halogens is 2. The minimum atomic E-state index is -0.750. The standard InChI is InChI=1S/C20H19ClFNO4/c1-26-14-6-3-12(4-7-14)11-23-18(24)10-16(20(25)27-2)19(23)15-9-13(22)5-8-17(15)21/h3-9,16,19H,10-11H2,1-2H3. The van der Waals surface area contributed by atoms with Gasteiger partial charge in [-0.1, -0.05) is 23.7 Å². The van der Waals surface area contributed by atoms with Crippen LogP contribution in [0.1, 0.15) is 23.6 Å². The van der Waals surface area contributed by atoms with Crippen LogP contribution in [0.3, 0.4) is 0 Å². The van der Waals surface area contributed by atoms with Crippen LogP contribution in [0.25, 0.3) is 0 Å². The van der Waals surface area contributed by atoms with Crippen molar-refractivity contribution in [1.82, 2.24) is 4.90 Å². The van der Waals surface area contributed by atoms with E-state index in [9.17, 15) is 14.0 Å². The van der Waals surface area contributed by atoms with E-state index in [2.05, 4.69) is 0 Å². The topological polar surface area (TPSA) is 55.8 Å². The number of carbonyl (C=O) groups is 2. The quantitative estimate of drug-likeness (QED) is 0.728. The molecule has 2 atom stereocenters. The molecule has 0 aromatic heterocycles. The molecule has 1 saturated heterocycles. The van der Waals surface area contributed by atoms with Crippen molar-refractivity contribution >= 4 is 23.5 Å². The number of ether oxygens (including phenoxy) is 2. The Hall–Kier alpha value is -2.60. The number of hydrogen-bond acceptors (Lipinski definition) is 4. The summed E-state index contributed by atoms with van der Waals surface area (Å²) >= 11 is 6.27. The molecule has 2 unspecified atom stereocenters. The van der Waals surface area contributed by atoms with Crippen LogP contribution in [0.15, 0.2) is 42.5 Å². The van der Waals surface area contributed by atoms with E-state index < -0.39 is 23.7 Å². The van der Waals surface area contributed by atoms with E-state index in [0.29, 0.717) is 16.3 Å². The van der Waals surface area contributed by atoms with Crippen LogP contribution in [0.2, 0.25) is 5.02 Å². The zero-order chi connectivity index (χ0) is 19.6. The molecule has 0 radical (unpaired) electrons. The van der Waals surface area contributed by atoms with E-state index in [1.54, 1.807) is 24.1 Å². The predicted molar refractivity (Wildman–Crippen MR) is 97.8 cm³/mol. The number of rotatable bonds is 5. The molecule has 3 rings (SSSR count). The summed E-state index contributed by atoms with van der Waals surface area (Å²) in [5, 5.41) is 0.296. The number of carbonyl (C=O) groups excluding carboxylic acids is 2. The van der Waals surface area contributed by atoms with Crippen LogP contribution in [-0.4, -0.2) is 31.0 Å². The normalized spacial score (nSPS) is 19.3. The molecular weight excluding hydrogens is 373 g/mol. The number of benzene rings is 2. The fraction of sp³-hybridized carbons (Fsp3) is 0.300. The molecule has 1 aliphatic heterocycles. The highest BCUT2D eigenvalue weighted by Gasteiger charge is 2.46. The molecule has 1 heterocycles. The molecule has 5 nitrogen and oxygen atoms in total. The second kappa shape index (κ2) is 7.96. The monoisotopic (exact) mass is 391 g/mol. The van der Waals surface area contributed by atoms with Crippen LogP contribution in [0, 0.1) is 11.7 Å². The molecule has 0 saturated carbocycles. The van der Waals surface area contributed by atoms with Crippen molar-refractivity contribution in [3.8, 4) is 5.75 Å². The predicted octanol–water partition coefficient (Wildman–Crippen LogP) is 3.75. The van der Waals surface area contributed by atoms with Gasteiger partial charge in [-0.05, 0) is 41.5 Å². The summed E-state index contributed by atoms with van der Waals surface area (Å²) in [7, 11) is 2.84. The third kappa shape index (κ3) is 3.90. The van der Waals surface area contributed by atoms with E-state index in [-0.39, 0.29) is 18.9 Å². The highest BCUT2D eigenvalue weighted by Crippen LogP contribution is 2.42. The fourth-order valence-corrected chi connectivity index (χ4v) is 3.62. The summed E-state index contributed by atoms with van der Waals surface area (Å²) in [4.78, 5) is 26.5. The molecule has 0 bridgehead atoms. The lowest BCUT2D eigenvalue weighted by molar-refractivity contribution is -0.146. The number of hydrogen-bond donors (Lipinski definition) is 0. The number of esters is 1. The van der Waals surface area contributed by atoms with E-state index in [1.165, 1.54) is 25.3 Å². The average molecular weight is 392 g/mol. The minimum absolute atomic E-state index is 0.0136. The SMILES string of the molecule is COC(=O)C1CC(=O)N(Cc2ccc(OC)cc2)C1c1cc(F)ccc1Cl. The van der Waals surface area contributed by atoms with Crippen molar-refractivity contribution < 1.29 is 23.5 Å². The third-order valence-electron chi connectivity index (χ3n) is 4.72. The Morgan fingerprint density at radius 1 is 1.22 bits per heavy atom. The molecular formula is C20H19ClFNO4. The molecule has 2 aromatic carbocycles. The van der Waals surface area contributed by atoms with E-state index in [4.69, 9.17) is 21.1 Å². The lowest BCUT2D eigenvalue weighted by Gasteiger charge is -2.28. The number of methoxy groups -OCH3 is 2. The summed E-state index contributed by atoms with van der Waals surface area (Å²) in [6, 6.07) is 10.5. The zero-order valence-corrected chi connectivity index (χ0v) is 15.7. The molecule has 0 N–H and O–H groups in total. The van der Waals surface area contributed by atoms with Crippen LogP contribution >= 0.6 is 11.6 Å². The van der Waals surface area contributed by atoms with Crippen molar-refractivity contribution in [3.05, 3.63) is 64.4 Å². The van der Waals surface area contributed by atoms with Gasteiger partial charge in [0.05, 0.1) is 26.2 Å². The number of nitrogens with zero attached hydrogens (tertiary/aromatic N) is 1. The summed E-state index contributed by atoms with van der Waals surface area (Å²) < 4.78 is 23.9. The molecule has 142 valence electrons. The maximum Gasteiger partial charge on any atom is 0.311 e. The summed E-state index contributed by atoms with van der Waals surface area (Å²) in [6.07, 6.45) is -0.0136. The van der Waals surface area contributed by atoms with Gasteiger partial charge in [-0.2, -0.15) is 0 Å². The highest BCUT2D eigenvalue weighted by molar-refractivity contribution is 6.31. The van der Waals surface area contributed by atoms with Crippen LogP contribution in [0.4, 0.5) is 4.39 Å². The first kappa shape index (κ1) is 19.2. The fourth-order valence-electron chi connectivity index (χ4n) is 3.39. The highest BCUT2D eigenvalue weighted by atomic mass is 35.5. The van der Waals surface area contributed by atoms with Gasteiger partial charge in [-0.15, -0.1) is 0 Å². The van der Waals surface area contributed by atoms with Crippen LogP contribution in [-0.2, 0) is 20.9 Å². The van der Waals surface area contributed by atoms with Gasteiger partial charge in [0.15, 0.2) is 0 Å². The Morgan fingerprint density at radius 3 is 2.56 bits per heavy atom. The van der Waals surface area contributed by atoms with Crippen molar-refractivity contribution in [2.24, 2.45) is 5.92 Å². The van der Waals surface area contributed by atoms with Gasteiger partial charge < -0.3 is 14.4 Å². The van der Waals surface area contributed by atoms with Gasteiger partial charge in [0.1, 0.15) is 11.6 Å². The summed E-state index contributed by atoms with van der Waals surface area (Å²) in [5.41, 5.74) is 1.25. The molecule has 1 aliphatic rings. The maximum atomic E-state index is 13.9. The van der Waals surface area contributed by atoms with Gasteiger partial charge in [0, 0.05) is 18.0 Å². The van der Waals surface area contributed by atoms with Crippen molar-refractivity contribution in [3.63, 3.8) is 0 Å². The van der Waals surface area contributed by atoms with E-state index in [1.807, 2.05) is 12.1 Å². The largest absolute Gasteiger partial charge is 0.497 e. The van der Waals surface area contributed by atoms with Gasteiger partial charge in [-0.25, -0.2) is 4.39 Å². The summed E-state index contributed by atoms with van der Waals surface area (Å²) in [6.45, 7) is 0.258. The van der Waals surface area contributed by atoms with E-state index in [0.717, 1.165) is 5.56 Å². The van der Waals surface area contributed by atoms with Crippen LogP contribution in [0.5, 0.6) is 5.75 Å². The van der Waals surface area contributed by atoms with Crippen molar-refractivity contribution in [2.45, 2.75) is 19.0 Å². The zero-order valence-electron chi connectivity index (χ0n) is 14.9. The Balaban J connectivity index is 1.99. The molecule has 2 aromatic rings. The second-order valence-electron chi connectivity index (χ2n) is 6.31. The molecule has 27 heavy (non-hydrogen) atoms. The first-order valence-corrected chi connectivity index (χ1v) is 8.77. The lowest BCUT2D eigenvalue weighted by Crippen LogP contribution is -2.31. The molecule has 1 fully saturated rings. The van der Waals surface area contributed by atoms with Crippen molar-refractivity contribution in [2.75, 3.05) is 14.2 Å². The molecule has 7 heteroatoms. The average Bonchev–Trinajstić information content (AvgIpc) is 3.00. The molecule has 1 amide bonds. The lowest BCUT2D eigenvalue weighted by atomic mass is 9.93. The third-order valence-corrected chi connectivity index (χ3v) is 5.07. The smallest absolute Gasteiger partial charge is 0.311 e. The Bertz CT molecular complexity index is 856. The van der Waals surface area contributed by atoms with Gasteiger partial charge in [0.25, 0.3) is 0 Å². The number of amides is 1. The molecule has 0 spiro atoms. The Morgan fingerprint density at radius 2 is 1.93 bits per heavy atom. The van der Waals surface area contributed by atoms with Gasteiger partial charge in [0.2, 0.25) is 5.91 Å². The first-order valence-electron chi connectivity index (χ1n) is 8.39. The minimum Gasteiger partial charge on any atom is -0.497 e.